The van der Waals surface area contributed by atoms with E-state index < -0.39 is 14.9 Å². The van der Waals surface area contributed by atoms with Crippen LogP contribution in [0.1, 0.15) is 5.56 Å². The van der Waals surface area contributed by atoms with Crippen LogP contribution in [0.15, 0.2) is 28.6 Å². The van der Waals surface area contributed by atoms with Crippen LogP contribution in [-0.4, -0.2) is 18.3 Å². The lowest BCUT2D eigenvalue weighted by Gasteiger charge is -2.08. The van der Waals surface area contributed by atoms with Gasteiger partial charge >= 0.3 is 0 Å². The smallest absolute Gasteiger partial charge is 0.273 e. The number of nitro benzene ring substituents is 1. The second-order valence-electron chi connectivity index (χ2n) is 3.79. The van der Waals surface area contributed by atoms with Crippen molar-refractivity contribution >= 4 is 44.3 Å². The number of nitro groups is 1. The van der Waals surface area contributed by atoms with Gasteiger partial charge in [0.2, 0.25) is 0 Å². The summed E-state index contributed by atoms with van der Waals surface area (Å²) >= 11 is 6.39. The van der Waals surface area contributed by atoms with Gasteiger partial charge in [-0.05, 0) is 12.5 Å². The molecule has 0 aliphatic rings. The summed E-state index contributed by atoms with van der Waals surface area (Å²) in [5.74, 6) is 0. The molecule has 1 aromatic carbocycles. The van der Waals surface area contributed by atoms with Crippen LogP contribution in [0, 0.1) is 17.0 Å². The molecule has 0 unspecified atom stereocenters. The van der Waals surface area contributed by atoms with Crippen molar-refractivity contribution in [2.24, 2.45) is 0 Å². The summed E-state index contributed by atoms with van der Waals surface area (Å²) in [5, 5.41) is 10.7. The summed E-state index contributed by atoms with van der Waals surface area (Å²) in [6.45, 7) is 1.64. The Morgan fingerprint density at radius 1 is 1.45 bits per heavy atom. The maximum absolute atomic E-state index is 12.1. The first-order valence-electron chi connectivity index (χ1n) is 5.19. The number of hydrogen-bond donors (Lipinski definition) is 1. The molecular formula is C10H8ClN3O4S2. The Kier molecular flexibility index (Phi) is 3.93. The number of rotatable bonds is 4. The molecule has 1 heterocycles. The Morgan fingerprint density at radius 3 is 2.70 bits per heavy atom. The third-order valence-corrected chi connectivity index (χ3v) is 5.34. The van der Waals surface area contributed by atoms with Crippen LogP contribution in [0.5, 0.6) is 0 Å². The molecule has 20 heavy (non-hydrogen) atoms. The van der Waals surface area contributed by atoms with Crippen LogP contribution in [0.25, 0.3) is 0 Å². The molecule has 0 spiro atoms. The number of non-ortho nitro benzene ring substituents is 1. The maximum Gasteiger partial charge on any atom is 0.273 e. The van der Waals surface area contributed by atoms with Crippen molar-refractivity contribution in [2.45, 2.75) is 11.1 Å². The Balaban J connectivity index is 2.39. The molecule has 0 aliphatic carbocycles. The van der Waals surface area contributed by atoms with E-state index >= 15 is 0 Å². The lowest BCUT2D eigenvalue weighted by Crippen LogP contribution is -2.12. The molecule has 0 amide bonds. The fourth-order valence-electron chi connectivity index (χ4n) is 1.39. The van der Waals surface area contributed by atoms with Gasteiger partial charge in [-0.15, -0.1) is 0 Å². The fraction of sp³-hybridized carbons (Fsp3) is 0.100. The van der Waals surface area contributed by atoms with E-state index in [4.69, 9.17) is 11.6 Å². The molecule has 0 radical (unpaired) electrons. The Bertz CT molecular complexity index is 773. The van der Waals surface area contributed by atoms with Gasteiger partial charge in [0.05, 0.1) is 16.8 Å². The second-order valence-corrected chi connectivity index (χ2v) is 7.32. The highest BCUT2D eigenvalue weighted by atomic mass is 35.5. The van der Waals surface area contributed by atoms with Crippen molar-refractivity contribution in [3.8, 4) is 0 Å². The van der Waals surface area contributed by atoms with Gasteiger partial charge in [0, 0.05) is 12.1 Å². The van der Waals surface area contributed by atoms with Gasteiger partial charge in [0.25, 0.3) is 15.7 Å². The first-order valence-corrected chi connectivity index (χ1v) is 7.86. The minimum absolute atomic E-state index is 0.0617. The highest BCUT2D eigenvalue weighted by Gasteiger charge is 2.20. The van der Waals surface area contributed by atoms with Crippen LogP contribution in [0.4, 0.5) is 11.4 Å². The van der Waals surface area contributed by atoms with E-state index in [9.17, 15) is 18.5 Å². The number of sulfonamides is 1. The number of aryl methyl sites for hydroxylation is 1. The minimum Gasteiger partial charge on any atom is -0.278 e. The van der Waals surface area contributed by atoms with E-state index in [1.54, 1.807) is 6.92 Å². The number of halogens is 1. The monoisotopic (exact) mass is 333 g/mol. The molecule has 0 saturated carbocycles. The highest BCUT2D eigenvalue weighted by molar-refractivity contribution is 7.94. The standard InChI is InChI=1S/C10H8ClN3O4S2/c1-6-2-3-7(14(15)16)4-8(6)13-20(17,18)9-5-12-10(11)19-9/h2-5,13H,1H3. The van der Waals surface area contributed by atoms with Gasteiger partial charge in [0.1, 0.15) is 0 Å². The van der Waals surface area contributed by atoms with Gasteiger partial charge in [-0.3, -0.25) is 14.8 Å². The second kappa shape index (κ2) is 5.35. The van der Waals surface area contributed by atoms with Crippen LogP contribution in [0.2, 0.25) is 4.47 Å². The van der Waals surface area contributed by atoms with Crippen molar-refractivity contribution in [3.05, 3.63) is 44.5 Å². The van der Waals surface area contributed by atoms with Crippen LogP contribution >= 0.6 is 22.9 Å². The summed E-state index contributed by atoms with van der Waals surface area (Å²) in [7, 11) is -3.86. The molecule has 106 valence electrons. The molecule has 2 aromatic rings. The number of aromatic nitrogens is 1. The summed E-state index contributed by atoms with van der Waals surface area (Å²) in [6, 6.07) is 3.93. The van der Waals surface area contributed by atoms with Crippen molar-refractivity contribution in [2.75, 3.05) is 4.72 Å². The van der Waals surface area contributed by atoms with Gasteiger partial charge in [-0.25, -0.2) is 13.4 Å². The first-order chi connectivity index (χ1) is 9.29. The van der Waals surface area contributed by atoms with Gasteiger partial charge in [0.15, 0.2) is 8.68 Å². The first kappa shape index (κ1) is 14.7. The number of benzene rings is 1. The number of nitrogens with one attached hydrogen (secondary N) is 1. The fourth-order valence-corrected chi connectivity index (χ4v) is 3.81. The topological polar surface area (TPSA) is 102 Å². The van der Waals surface area contributed by atoms with Crippen molar-refractivity contribution in [1.29, 1.82) is 0 Å². The third kappa shape index (κ3) is 3.06. The highest BCUT2D eigenvalue weighted by Crippen LogP contribution is 2.27. The Labute approximate surface area is 123 Å². The van der Waals surface area contributed by atoms with Crippen LogP contribution in [0.3, 0.4) is 0 Å². The van der Waals surface area contributed by atoms with Crippen LogP contribution < -0.4 is 4.72 Å². The predicted molar refractivity (Wildman–Crippen MR) is 75.8 cm³/mol. The zero-order valence-corrected chi connectivity index (χ0v) is 12.4. The molecular weight excluding hydrogens is 326 g/mol. The average molecular weight is 334 g/mol. The molecule has 1 N–H and O–H groups in total. The van der Waals surface area contributed by atoms with Crippen molar-refractivity contribution in [3.63, 3.8) is 0 Å². The molecule has 0 bridgehead atoms. The minimum atomic E-state index is -3.86. The number of hydrogen-bond acceptors (Lipinski definition) is 6. The number of nitrogens with zero attached hydrogens (tertiary/aromatic N) is 2. The quantitative estimate of drug-likeness (QED) is 0.684. The molecule has 0 fully saturated rings. The molecule has 0 aliphatic heterocycles. The summed E-state index contributed by atoms with van der Waals surface area (Å²) in [4.78, 5) is 13.8. The summed E-state index contributed by atoms with van der Waals surface area (Å²) in [5.41, 5.74) is 0.508. The van der Waals surface area contributed by atoms with E-state index in [1.165, 1.54) is 12.1 Å². The summed E-state index contributed by atoms with van der Waals surface area (Å²) in [6.07, 6.45) is 1.13. The summed E-state index contributed by atoms with van der Waals surface area (Å²) < 4.78 is 26.5. The molecule has 10 heteroatoms. The Morgan fingerprint density at radius 2 is 2.15 bits per heavy atom. The van der Waals surface area contributed by atoms with Crippen molar-refractivity contribution in [1.82, 2.24) is 4.98 Å². The lowest BCUT2D eigenvalue weighted by atomic mass is 10.2. The molecule has 7 nitrogen and oxygen atoms in total. The van der Waals surface area contributed by atoms with Gasteiger partial charge in [-0.2, -0.15) is 0 Å². The molecule has 1 aromatic heterocycles. The number of thiazole rings is 1. The molecule has 2 rings (SSSR count). The van der Waals surface area contributed by atoms with Crippen molar-refractivity contribution < 1.29 is 13.3 Å². The predicted octanol–water partition coefficient (Wildman–Crippen LogP) is 2.81. The largest absolute Gasteiger partial charge is 0.278 e. The third-order valence-electron chi connectivity index (χ3n) is 2.40. The van der Waals surface area contributed by atoms with E-state index in [1.807, 2.05) is 0 Å². The van der Waals surface area contributed by atoms with E-state index in [0.717, 1.165) is 23.6 Å². The zero-order chi connectivity index (χ0) is 14.9. The Hall–Kier alpha value is -1.71. The molecule has 0 atom stereocenters. The maximum atomic E-state index is 12.1. The van der Waals surface area contributed by atoms with E-state index in [-0.39, 0.29) is 20.1 Å². The normalized spacial score (nSPS) is 11.3. The van der Waals surface area contributed by atoms with Gasteiger partial charge < -0.3 is 0 Å². The van der Waals surface area contributed by atoms with Crippen LogP contribution in [-0.2, 0) is 10.0 Å². The zero-order valence-electron chi connectivity index (χ0n) is 10.0. The SMILES string of the molecule is Cc1ccc([N+](=O)[O-])cc1NS(=O)(=O)c1cnc(Cl)s1. The average Bonchev–Trinajstić information content (AvgIpc) is 2.79. The van der Waals surface area contributed by atoms with E-state index in [2.05, 4.69) is 9.71 Å². The molecule has 0 saturated heterocycles. The van der Waals surface area contributed by atoms with E-state index in [0.29, 0.717) is 5.56 Å². The lowest BCUT2D eigenvalue weighted by molar-refractivity contribution is -0.384. The van der Waals surface area contributed by atoms with Gasteiger partial charge in [-0.1, -0.05) is 29.0 Å². The number of anilines is 1.